The van der Waals surface area contributed by atoms with Crippen molar-refractivity contribution in [1.29, 1.82) is 0 Å². The molecule has 1 aliphatic carbocycles. The monoisotopic (exact) mass is 263 g/mol. The van der Waals surface area contributed by atoms with Gasteiger partial charge in [0.15, 0.2) is 11.6 Å². The fourth-order valence-electron chi connectivity index (χ4n) is 1.52. The van der Waals surface area contributed by atoms with E-state index < -0.39 is 34.8 Å². The van der Waals surface area contributed by atoms with E-state index in [4.69, 9.17) is 5.73 Å². The van der Waals surface area contributed by atoms with Crippen molar-refractivity contribution < 1.29 is 22.4 Å². The van der Waals surface area contributed by atoms with Crippen molar-refractivity contribution in [3.63, 3.8) is 0 Å². The summed E-state index contributed by atoms with van der Waals surface area (Å²) in [5.74, 6) is -2.79. The van der Waals surface area contributed by atoms with Crippen molar-refractivity contribution in [1.82, 2.24) is 10.3 Å². The molecule has 3 N–H and O–H groups in total. The summed E-state index contributed by atoms with van der Waals surface area (Å²) in [6, 6.07) is 0.980. The van der Waals surface area contributed by atoms with Gasteiger partial charge >= 0.3 is 6.18 Å². The van der Waals surface area contributed by atoms with Crippen molar-refractivity contribution >= 4 is 11.7 Å². The van der Waals surface area contributed by atoms with Crippen molar-refractivity contribution in [3.8, 4) is 0 Å². The maximum Gasteiger partial charge on any atom is 0.411 e. The highest BCUT2D eigenvalue weighted by atomic mass is 19.4. The van der Waals surface area contributed by atoms with E-state index >= 15 is 0 Å². The SMILES string of the molecule is Nc1nccc(C(=O)NC2(C(F)(F)F)CC2)c1F. The maximum atomic E-state index is 13.4. The van der Waals surface area contributed by atoms with E-state index in [2.05, 4.69) is 4.98 Å². The first-order valence-electron chi connectivity index (χ1n) is 5.06. The van der Waals surface area contributed by atoms with Crippen molar-refractivity contribution in [2.45, 2.75) is 24.6 Å². The summed E-state index contributed by atoms with van der Waals surface area (Å²) in [5.41, 5.74) is 2.36. The van der Waals surface area contributed by atoms with E-state index in [0.29, 0.717) is 0 Å². The van der Waals surface area contributed by atoms with Gasteiger partial charge in [0.1, 0.15) is 5.54 Å². The van der Waals surface area contributed by atoms with Crippen molar-refractivity contribution in [2.75, 3.05) is 5.73 Å². The predicted molar refractivity (Wildman–Crippen MR) is 54.1 cm³/mol. The quantitative estimate of drug-likeness (QED) is 0.797. The number of carbonyl (C=O) groups is 1. The lowest BCUT2D eigenvalue weighted by Gasteiger charge is -2.20. The minimum Gasteiger partial charge on any atom is -0.381 e. The second-order valence-corrected chi connectivity index (χ2v) is 4.09. The van der Waals surface area contributed by atoms with Gasteiger partial charge in [-0.25, -0.2) is 9.37 Å². The van der Waals surface area contributed by atoms with Gasteiger partial charge in [-0.2, -0.15) is 13.2 Å². The van der Waals surface area contributed by atoms with Crippen LogP contribution < -0.4 is 11.1 Å². The number of aromatic nitrogens is 1. The van der Waals surface area contributed by atoms with Crippen LogP contribution in [-0.2, 0) is 0 Å². The molecule has 8 heteroatoms. The van der Waals surface area contributed by atoms with Gasteiger partial charge < -0.3 is 11.1 Å². The fraction of sp³-hybridized carbons (Fsp3) is 0.400. The molecule has 0 radical (unpaired) electrons. The summed E-state index contributed by atoms with van der Waals surface area (Å²) in [6.07, 6.45) is -3.90. The molecular weight excluding hydrogens is 254 g/mol. The van der Waals surface area contributed by atoms with Gasteiger partial charge in [-0.3, -0.25) is 4.79 Å². The Morgan fingerprint density at radius 1 is 1.44 bits per heavy atom. The molecule has 0 aromatic carbocycles. The van der Waals surface area contributed by atoms with Gasteiger partial charge in [0, 0.05) is 6.20 Å². The van der Waals surface area contributed by atoms with Gasteiger partial charge in [0.2, 0.25) is 0 Å². The molecule has 0 unspecified atom stereocenters. The van der Waals surface area contributed by atoms with Gasteiger partial charge in [-0.1, -0.05) is 0 Å². The van der Waals surface area contributed by atoms with Crippen LogP contribution in [0.5, 0.6) is 0 Å². The van der Waals surface area contributed by atoms with E-state index in [1.165, 1.54) is 0 Å². The summed E-state index contributed by atoms with van der Waals surface area (Å²) in [7, 11) is 0. The molecule has 1 amide bonds. The second-order valence-electron chi connectivity index (χ2n) is 4.09. The van der Waals surface area contributed by atoms with Crippen LogP contribution in [0.3, 0.4) is 0 Å². The number of carbonyl (C=O) groups excluding carboxylic acids is 1. The second kappa shape index (κ2) is 3.82. The standard InChI is InChI=1S/C10H9F4N3O/c11-6-5(1-4-16-7(6)15)8(18)17-9(2-3-9)10(12,13)14/h1,4H,2-3H2,(H2,15,16)(H,17,18). The fourth-order valence-corrected chi connectivity index (χ4v) is 1.52. The zero-order valence-corrected chi connectivity index (χ0v) is 9.01. The molecule has 0 aliphatic heterocycles. The van der Waals surface area contributed by atoms with Gasteiger partial charge in [-0.15, -0.1) is 0 Å². The summed E-state index contributed by atoms with van der Waals surface area (Å²) in [4.78, 5) is 15.0. The number of halogens is 4. The first-order valence-corrected chi connectivity index (χ1v) is 5.06. The molecule has 1 aliphatic rings. The zero-order chi connectivity index (χ0) is 13.6. The van der Waals surface area contributed by atoms with E-state index in [0.717, 1.165) is 12.3 Å². The Labute approximate surface area is 99.2 Å². The number of rotatable bonds is 2. The molecule has 18 heavy (non-hydrogen) atoms. The average molecular weight is 263 g/mol. The minimum absolute atomic E-state index is 0.204. The third-order valence-electron chi connectivity index (χ3n) is 2.81. The Balaban J connectivity index is 2.21. The molecule has 2 rings (SSSR count). The third kappa shape index (κ3) is 1.98. The molecular formula is C10H9F4N3O. The Morgan fingerprint density at radius 3 is 2.56 bits per heavy atom. The van der Waals surface area contributed by atoms with Crippen LogP contribution in [0.25, 0.3) is 0 Å². The highest BCUT2D eigenvalue weighted by Gasteiger charge is 2.64. The zero-order valence-electron chi connectivity index (χ0n) is 9.01. The molecule has 4 nitrogen and oxygen atoms in total. The van der Waals surface area contributed by atoms with E-state index in [9.17, 15) is 22.4 Å². The summed E-state index contributed by atoms with van der Waals surface area (Å²) in [5, 5.41) is 1.80. The number of alkyl halides is 3. The van der Waals surface area contributed by atoms with Crippen molar-refractivity contribution in [2.24, 2.45) is 0 Å². The first-order chi connectivity index (χ1) is 8.27. The Kier molecular flexibility index (Phi) is 2.67. The normalized spacial score (nSPS) is 17.3. The molecule has 1 saturated carbocycles. The summed E-state index contributed by atoms with van der Waals surface area (Å²) >= 11 is 0. The van der Waals surface area contributed by atoms with Crippen LogP contribution in [0.4, 0.5) is 23.4 Å². The Morgan fingerprint density at radius 2 is 2.06 bits per heavy atom. The Hall–Kier alpha value is -1.86. The summed E-state index contributed by atoms with van der Waals surface area (Å²) in [6.45, 7) is 0. The lowest BCUT2D eigenvalue weighted by molar-refractivity contribution is -0.163. The van der Waals surface area contributed by atoms with Crippen LogP contribution in [-0.4, -0.2) is 22.6 Å². The van der Waals surface area contributed by atoms with E-state index in [1.807, 2.05) is 0 Å². The smallest absolute Gasteiger partial charge is 0.381 e. The summed E-state index contributed by atoms with van der Waals surface area (Å²) < 4.78 is 51.2. The van der Waals surface area contributed by atoms with E-state index in [-0.39, 0.29) is 12.8 Å². The Bertz CT molecular complexity index is 496. The molecule has 98 valence electrons. The van der Waals surface area contributed by atoms with Crippen LogP contribution in [0, 0.1) is 5.82 Å². The largest absolute Gasteiger partial charge is 0.411 e. The minimum atomic E-state index is -4.54. The maximum absolute atomic E-state index is 13.4. The number of hydrogen-bond acceptors (Lipinski definition) is 3. The number of nitrogens with one attached hydrogen (secondary N) is 1. The van der Waals surface area contributed by atoms with E-state index in [1.54, 1.807) is 5.32 Å². The van der Waals surface area contributed by atoms with Gasteiger partial charge in [-0.05, 0) is 18.9 Å². The van der Waals surface area contributed by atoms with Crippen LogP contribution in [0.2, 0.25) is 0 Å². The number of amides is 1. The topological polar surface area (TPSA) is 68.0 Å². The number of pyridine rings is 1. The number of nitrogens with zero attached hydrogens (tertiary/aromatic N) is 1. The van der Waals surface area contributed by atoms with Gasteiger partial charge in [0.25, 0.3) is 5.91 Å². The van der Waals surface area contributed by atoms with Crippen LogP contribution >= 0.6 is 0 Å². The molecule has 1 aromatic rings. The third-order valence-corrected chi connectivity index (χ3v) is 2.81. The molecule has 0 spiro atoms. The lowest BCUT2D eigenvalue weighted by Crippen LogP contribution is -2.48. The number of anilines is 1. The molecule has 0 saturated heterocycles. The highest BCUT2D eigenvalue weighted by molar-refractivity contribution is 5.95. The number of nitrogens with two attached hydrogens (primary N) is 1. The van der Waals surface area contributed by atoms with Crippen molar-refractivity contribution in [3.05, 3.63) is 23.6 Å². The molecule has 1 fully saturated rings. The number of nitrogen functional groups attached to an aromatic ring is 1. The van der Waals surface area contributed by atoms with Crippen LogP contribution in [0.15, 0.2) is 12.3 Å². The molecule has 0 bridgehead atoms. The first kappa shape index (κ1) is 12.6. The van der Waals surface area contributed by atoms with Crippen LogP contribution in [0.1, 0.15) is 23.2 Å². The lowest BCUT2D eigenvalue weighted by atomic mass is 10.2. The average Bonchev–Trinajstić information content (AvgIpc) is 3.02. The molecule has 1 heterocycles. The number of hydrogen-bond donors (Lipinski definition) is 2. The highest BCUT2D eigenvalue weighted by Crippen LogP contribution is 2.49. The predicted octanol–water partition coefficient (Wildman–Crippen LogP) is 1.63. The van der Waals surface area contributed by atoms with Gasteiger partial charge in [0.05, 0.1) is 5.56 Å². The molecule has 1 aromatic heterocycles. The molecule has 0 atom stereocenters.